The first kappa shape index (κ1) is 13.9. The van der Waals surface area contributed by atoms with E-state index in [9.17, 15) is 0 Å². The van der Waals surface area contributed by atoms with Crippen molar-refractivity contribution in [3.63, 3.8) is 0 Å². The Kier molecular flexibility index (Phi) is 4.85. The molecule has 1 heterocycles. The summed E-state index contributed by atoms with van der Waals surface area (Å²) in [5.74, 6) is 2.18. The van der Waals surface area contributed by atoms with Gasteiger partial charge in [-0.25, -0.2) is 0 Å². The lowest BCUT2D eigenvalue weighted by Gasteiger charge is -2.04. The normalized spacial score (nSPS) is 12.5. The molecule has 2 N–H and O–H groups in total. The summed E-state index contributed by atoms with van der Waals surface area (Å²) in [6.07, 6.45) is 1.74. The summed E-state index contributed by atoms with van der Waals surface area (Å²) in [7, 11) is 0. The predicted molar refractivity (Wildman–Crippen MR) is 79.0 cm³/mol. The first-order chi connectivity index (χ1) is 9.19. The number of rotatable bonds is 6. The number of benzene rings is 1. The maximum Gasteiger partial charge on any atom is 0.231 e. The van der Waals surface area contributed by atoms with Crippen molar-refractivity contribution in [3.05, 3.63) is 41.5 Å². The van der Waals surface area contributed by atoms with E-state index < -0.39 is 0 Å². The zero-order chi connectivity index (χ0) is 13.7. The van der Waals surface area contributed by atoms with Gasteiger partial charge in [-0.2, -0.15) is 16.7 Å². The van der Waals surface area contributed by atoms with Crippen molar-refractivity contribution in [3.8, 4) is 0 Å². The van der Waals surface area contributed by atoms with Crippen LogP contribution in [-0.2, 0) is 12.2 Å². The van der Waals surface area contributed by atoms with E-state index in [1.807, 2.05) is 36.0 Å². The Bertz CT molecular complexity index is 527. The first-order valence-corrected chi connectivity index (χ1v) is 7.50. The Hall–Kier alpha value is -1.49. The molecule has 1 aromatic carbocycles. The van der Waals surface area contributed by atoms with Gasteiger partial charge in [0, 0.05) is 10.9 Å². The third-order valence-corrected chi connectivity index (χ3v) is 4.31. The van der Waals surface area contributed by atoms with Crippen LogP contribution in [0, 0.1) is 0 Å². The molecule has 0 amide bonds. The van der Waals surface area contributed by atoms with Crippen LogP contribution < -0.4 is 5.73 Å². The molecule has 4 nitrogen and oxygen atoms in total. The number of aromatic nitrogens is 2. The van der Waals surface area contributed by atoms with E-state index in [1.54, 1.807) is 0 Å². The average molecular weight is 277 g/mol. The zero-order valence-corrected chi connectivity index (χ0v) is 12.1. The Morgan fingerprint density at radius 1 is 1.37 bits per heavy atom. The molecule has 0 aliphatic carbocycles. The van der Waals surface area contributed by atoms with Crippen LogP contribution in [0.4, 0.5) is 5.69 Å². The molecule has 0 radical (unpaired) electrons. The van der Waals surface area contributed by atoms with Crippen LogP contribution >= 0.6 is 11.8 Å². The van der Waals surface area contributed by atoms with Crippen LogP contribution in [0.25, 0.3) is 0 Å². The summed E-state index contributed by atoms with van der Waals surface area (Å²) in [5, 5.41) is 4.62. The molecular formula is C14H19N3OS. The fraction of sp³-hybridized carbons (Fsp3) is 0.429. The minimum atomic E-state index is 0.591. The molecule has 0 spiro atoms. The number of nitrogen functional groups attached to an aromatic ring is 1. The van der Waals surface area contributed by atoms with Gasteiger partial charge in [0.05, 0.1) is 12.2 Å². The predicted octanol–water partition coefficient (Wildman–Crippen LogP) is 3.27. The van der Waals surface area contributed by atoms with Gasteiger partial charge in [0.2, 0.25) is 5.89 Å². The van der Waals surface area contributed by atoms with Crippen molar-refractivity contribution in [2.75, 3.05) is 5.73 Å². The lowest BCUT2D eigenvalue weighted by molar-refractivity contribution is 0.381. The summed E-state index contributed by atoms with van der Waals surface area (Å²) in [5.41, 5.74) is 7.68. The molecule has 2 rings (SSSR count). The van der Waals surface area contributed by atoms with Crippen LogP contribution in [-0.4, -0.2) is 15.4 Å². The van der Waals surface area contributed by atoms with Gasteiger partial charge < -0.3 is 10.3 Å². The Morgan fingerprint density at radius 3 is 2.89 bits per heavy atom. The third-order valence-electron chi connectivity index (χ3n) is 2.98. The quantitative estimate of drug-likeness (QED) is 0.821. The maximum absolute atomic E-state index is 5.90. The number of hydrogen-bond acceptors (Lipinski definition) is 5. The Balaban J connectivity index is 1.96. The van der Waals surface area contributed by atoms with Gasteiger partial charge in [-0.15, -0.1) is 0 Å². The molecule has 0 aliphatic heterocycles. The number of nitrogens with zero attached hydrogens (tertiary/aromatic N) is 2. The number of anilines is 1. The minimum absolute atomic E-state index is 0.591. The number of thioether (sulfide) groups is 1. The molecule has 1 aromatic heterocycles. The largest absolute Gasteiger partial charge is 0.398 e. The number of nitrogens with two attached hydrogens (primary N) is 1. The molecule has 0 saturated carbocycles. The molecule has 0 bridgehead atoms. The van der Waals surface area contributed by atoms with E-state index in [2.05, 4.69) is 24.0 Å². The van der Waals surface area contributed by atoms with Crippen molar-refractivity contribution in [2.45, 2.75) is 37.7 Å². The van der Waals surface area contributed by atoms with E-state index in [-0.39, 0.29) is 0 Å². The maximum atomic E-state index is 5.90. The summed E-state index contributed by atoms with van der Waals surface area (Å²) >= 11 is 1.84. The fourth-order valence-electron chi connectivity index (χ4n) is 1.61. The summed E-state index contributed by atoms with van der Waals surface area (Å²) in [6.45, 7) is 4.38. The summed E-state index contributed by atoms with van der Waals surface area (Å²) < 4.78 is 5.26. The topological polar surface area (TPSA) is 64.9 Å². The highest BCUT2D eigenvalue weighted by Gasteiger charge is 2.10. The molecule has 0 saturated heterocycles. The average Bonchev–Trinajstić information content (AvgIpc) is 2.86. The van der Waals surface area contributed by atoms with Crippen LogP contribution in [0.5, 0.6) is 0 Å². The highest BCUT2D eigenvalue weighted by atomic mass is 32.2. The minimum Gasteiger partial charge on any atom is -0.398 e. The van der Waals surface area contributed by atoms with Gasteiger partial charge >= 0.3 is 0 Å². The van der Waals surface area contributed by atoms with Gasteiger partial charge in [0.25, 0.3) is 0 Å². The van der Waals surface area contributed by atoms with Crippen molar-refractivity contribution in [2.24, 2.45) is 0 Å². The summed E-state index contributed by atoms with van der Waals surface area (Å²) in [6, 6.07) is 7.74. The van der Waals surface area contributed by atoms with Crippen molar-refractivity contribution >= 4 is 17.4 Å². The van der Waals surface area contributed by atoms with E-state index in [0.29, 0.717) is 17.6 Å². The van der Waals surface area contributed by atoms with Crippen LogP contribution in [0.3, 0.4) is 0 Å². The molecule has 102 valence electrons. The van der Waals surface area contributed by atoms with Gasteiger partial charge in [0.1, 0.15) is 0 Å². The third kappa shape index (κ3) is 3.99. The second kappa shape index (κ2) is 6.61. The lowest BCUT2D eigenvalue weighted by Crippen LogP contribution is -1.97. The van der Waals surface area contributed by atoms with Gasteiger partial charge in [-0.3, -0.25) is 0 Å². The molecule has 5 heteroatoms. The zero-order valence-electron chi connectivity index (χ0n) is 11.3. The van der Waals surface area contributed by atoms with Gasteiger partial charge in [0.15, 0.2) is 5.82 Å². The number of hydrogen-bond donors (Lipinski definition) is 1. The van der Waals surface area contributed by atoms with Crippen LogP contribution in [0.1, 0.15) is 37.5 Å². The standard InChI is InChI=1S/C14H19N3OS/c1-3-10(2)19-9-13-16-14(18-17-13)8-11-6-4-5-7-12(11)15/h4-7,10H,3,8-9,15H2,1-2H3. The Morgan fingerprint density at radius 2 is 2.16 bits per heavy atom. The molecule has 1 unspecified atom stereocenters. The lowest BCUT2D eigenvalue weighted by atomic mass is 10.1. The van der Waals surface area contributed by atoms with Gasteiger partial charge in [-0.1, -0.05) is 37.2 Å². The van der Waals surface area contributed by atoms with Crippen molar-refractivity contribution in [1.82, 2.24) is 10.1 Å². The van der Waals surface area contributed by atoms with Crippen molar-refractivity contribution < 1.29 is 4.52 Å². The molecule has 19 heavy (non-hydrogen) atoms. The van der Waals surface area contributed by atoms with E-state index >= 15 is 0 Å². The molecule has 0 aliphatic rings. The fourth-order valence-corrected chi connectivity index (χ4v) is 2.40. The molecule has 0 fully saturated rings. The second-order valence-electron chi connectivity index (χ2n) is 4.51. The van der Waals surface area contributed by atoms with Gasteiger partial charge in [-0.05, 0) is 18.1 Å². The molecule has 1 atom stereocenters. The number of para-hydroxylation sites is 1. The SMILES string of the molecule is CCC(C)SCc1noc(Cc2ccccc2N)n1. The molecule has 2 aromatic rings. The highest BCUT2D eigenvalue weighted by molar-refractivity contribution is 7.99. The smallest absolute Gasteiger partial charge is 0.231 e. The van der Waals surface area contributed by atoms with Crippen LogP contribution in [0.2, 0.25) is 0 Å². The van der Waals surface area contributed by atoms with E-state index in [0.717, 1.165) is 29.2 Å². The summed E-state index contributed by atoms with van der Waals surface area (Å²) in [4.78, 5) is 4.40. The molecular weight excluding hydrogens is 258 g/mol. The second-order valence-corrected chi connectivity index (χ2v) is 5.94. The highest BCUT2D eigenvalue weighted by Crippen LogP contribution is 2.19. The van der Waals surface area contributed by atoms with Crippen LogP contribution in [0.15, 0.2) is 28.8 Å². The monoisotopic (exact) mass is 277 g/mol. The Labute approximate surface area is 117 Å². The first-order valence-electron chi connectivity index (χ1n) is 6.45. The van der Waals surface area contributed by atoms with E-state index in [1.165, 1.54) is 0 Å². The van der Waals surface area contributed by atoms with E-state index in [4.69, 9.17) is 10.3 Å². The van der Waals surface area contributed by atoms with Crippen molar-refractivity contribution in [1.29, 1.82) is 0 Å².